The Balaban J connectivity index is 1.98. The maximum atomic E-state index is 12.9. The zero-order valence-electron chi connectivity index (χ0n) is 15.8. The normalized spacial score (nSPS) is 23.1. The van der Waals surface area contributed by atoms with Gasteiger partial charge in [-0.1, -0.05) is 64.3 Å². The molecule has 0 saturated heterocycles. The Morgan fingerprint density at radius 1 is 1.04 bits per heavy atom. The monoisotopic (exact) mass is 370 g/mol. The first kappa shape index (κ1) is 17.8. The van der Waals surface area contributed by atoms with E-state index < -0.39 is 7.60 Å². The van der Waals surface area contributed by atoms with E-state index in [1.165, 1.54) is 24.8 Å². The van der Waals surface area contributed by atoms with Gasteiger partial charge in [0.1, 0.15) is 5.75 Å². The maximum absolute atomic E-state index is 12.9. The van der Waals surface area contributed by atoms with Gasteiger partial charge in [0, 0.05) is 11.1 Å². The largest absolute Gasteiger partial charge is 0.420 e. The van der Waals surface area contributed by atoms with Crippen LogP contribution in [0.5, 0.6) is 5.75 Å². The Bertz CT molecular complexity index is 889. The van der Waals surface area contributed by atoms with Gasteiger partial charge < -0.3 is 9.42 Å². The van der Waals surface area contributed by atoms with Crippen LogP contribution in [0.25, 0.3) is 11.1 Å². The van der Waals surface area contributed by atoms with Gasteiger partial charge in [0.25, 0.3) is 0 Å². The molecule has 1 aliphatic heterocycles. The molecule has 0 amide bonds. The zero-order valence-corrected chi connectivity index (χ0v) is 16.7. The number of hydrogen-bond donors (Lipinski definition) is 1. The van der Waals surface area contributed by atoms with E-state index in [-0.39, 0.29) is 5.41 Å². The smallest absolute Gasteiger partial charge is 0.408 e. The highest BCUT2D eigenvalue weighted by molar-refractivity contribution is 7.62. The molecule has 4 heteroatoms. The van der Waals surface area contributed by atoms with Crippen molar-refractivity contribution in [2.75, 3.05) is 0 Å². The zero-order chi connectivity index (χ0) is 18.5. The Labute approximate surface area is 155 Å². The predicted molar refractivity (Wildman–Crippen MR) is 106 cm³/mol. The summed E-state index contributed by atoms with van der Waals surface area (Å²) in [5.41, 5.74) is 4.19. The third kappa shape index (κ3) is 3.02. The van der Waals surface area contributed by atoms with E-state index in [0.717, 1.165) is 29.5 Å². The molecular formula is C22H27O3P. The molecule has 1 heterocycles. The lowest BCUT2D eigenvalue weighted by Gasteiger charge is -2.32. The SMILES string of the molecule is CC(C)(C)c1cc2c(c(C3CCCCC3)c1)OP(=O)(O)c1ccccc1-2. The van der Waals surface area contributed by atoms with Gasteiger partial charge in [-0.25, -0.2) is 4.57 Å². The molecule has 26 heavy (non-hydrogen) atoms. The molecule has 1 N–H and O–H groups in total. The summed E-state index contributed by atoms with van der Waals surface area (Å²) < 4.78 is 18.7. The van der Waals surface area contributed by atoms with Gasteiger partial charge in [0.2, 0.25) is 0 Å². The summed E-state index contributed by atoms with van der Waals surface area (Å²) in [6.07, 6.45) is 5.96. The number of rotatable bonds is 1. The van der Waals surface area contributed by atoms with E-state index in [1.807, 2.05) is 12.1 Å². The first-order valence-electron chi connectivity index (χ1n) is 9.58. The second-order valence-electron chi connectivity index (χ2n) is 8.66. The average Bonchev–Trinajstić information content (AvgIpc) is 2.61. The van der Waals surface area contributed by atoms with E-state index in [9.17, 15) is 9.46 Å². The van der Waals surface area contributed by atoms with Gasteiger partial charge >= 0.3 is 7.60 Å². The summed E-state index contributed by atoms with van der Waals surface area (Å²) >= 11 is 0. The second-order valence-corrected chi connectivity index (χ2v) is 10.4. The average molecular weight is 370 g/mol. The Morgan fingerprint density at radius 3 is 2.42 bits per heavy atom. The molecule has 0 aromatic heterocycles. The van der Waals surface area contributed by atoms with Crippen LogP contribution in [0.15, 0.2) is 36.4 Å². The molecule has 1 fully saturated rings. The quantitative estimate of drug-likeness (QED) is 0.636. The standard InChI is InChI=1S/C22H27O3P/c1-22(2,3)16-13-18(15-9-5-4-6-10-15)21-19(14-16)17-11-7-8-12-20(17)26(23,24)25-21/h7-8,11-15H,4-6,9-10H2,1-3H3,(H,23,24). The van der Waals surface area contributed by atoms with Crippen LogP contribution in [0, 0.1) is 0 Å². The minimum Gasteiger partial charge on any atom is -0.420 e. The molecule has 0 radical (unpaired) electrons. The highest BCUT2D eigenvalue weighted by Crippen LogP contribution is 2.55. The summed E-state index contributed by atoms with van der Waals surface area (Å²) in [6, 6.07) is 11.8. The number of fused-ring (bicyclic) bond motifs is 3. The summed E-state index contributed by atoms with van der Waals surface area (Å²) in [5, 5.41) is 0.410. The molecule has 1 aliphatic carbocycles. The third-order valence-corrected chi connectivity index (χ3v) is 7.17. The maximum Gasteiger partial charge on any atom is 0.408 e. The van der Waals surface area contributed by atoms with Crippen LogP contribution < -0.4 is 9.83 Å². The van der Waals surface area contributed by atoms with Crippen molar-refractivity contribution in [2.24, 2.45) is 0 Å². The topological polar surface area (TPSA) is 46.5 Å². The summed E-state index contributed by atoms with van der Waals surface area (Å²) in [6.45, 7) is 6.64. The first-order valence-corrected chi connectivity index (χ1v) is 11.2. The molecule has 2 aromatic carbocycles. The number of hydrogen-bond acceptors (Lipinski definition) is 2. The van der Waals surface area contributed by atoms with Crippen LogP contribution in [0.4, 0.5) is 0 Å². The van der Waals surface area contributed by atoms with E-state index in [4.69, 9.17) is 4.52 Å². The summed E-state index contributed by atoms with van der Waals surface area (Å²) in [7, 11) is -3.84. The molecule has 2 aromatic rings. The highest BCUT2D eigenvalue weighted by atomic mass is 31.2. The number of benzene rings is 2. The fourth-order valence-electron chi connectivity index (χ4n) is 4.22. The molecule has 1 atom stereocenters. The minimum atomic E-state index is -3.84. The van der Waals surface area contributed by atoms with Gasteiger partial charge in [-0.2, -0.15) is 0 Å². The highest BCUT2D eigenvalue weighted by Gasteiger charge is 2.37. The molecule has 0 bridgehead atoms. The lowest BCUT2D eigenvalue weighted by atomic mass is 9.78. The fraction of sp³-hybridized carbons (Fsp3) is 0.455. The lowest BCUT2D eigenvalue weighted by molar-refractivity contribution is 0.382. The van der Waals surface area contributed by atoms with Crippen molar-refractivity contribution in [2.45, 2.75) is 64.2 Å². The Kier molecular flexibility index (Phi) is 4.28. The Morgan fingerprint density at radius 2 is 1.73 bits per heavy atom. The molecule has 1 saturated carbocycles. The van der Waals surface area contributed by atoms with Crippen molar-refractivity contribution < 1.29 is 14.0 Å². The van der Waals surface area contributed by atoms with Gasteiger partial charge in [-0.05, 0) is 47.4 Å². The fourth-order valence-corrected chi connectivity index (χ4v) is 5.55. The van der Waals surface area contributed by atoms with Gasteiger partial charge in [0.15, 0.2) is 0 Å². The van der Waals surface area contributed by atoms with Crippen LogP contribution in [0.2, 0.25) is 0 Å². The second kappa shape index (κ2) is 6.25. The van der Waals surface area contributed by atoms with Crippen molar-refractivity contribution in [3.63, 3.8) is 0 Å². The van der Waals surface area contributed by atoms with Crippen molar-refractivity contribution in [1.82, 2.24) is 0 Å². The minimum absolute atomic E-state index is 0.00769. The molecule has 138 valence electrons. The summed E-state index contributed by atoms with van der Waals surface area (Å²) in [4.78, 5) is 10.6. The van der Waals surface area contributed by atoms with E-state index >= 15 is 0 Å². The molecular weight excluding hydrogens is 343 g/mol. The van der Waals surface area contributed by atoms with Gasteiger partial charge in [-0.3, -0.25) is 0 Å². The molecule has 2 aliphatic rings. The van der Waals surface area contributed by atoms with Crippen LogP contribution in [0.1, 0.15) is 69.9 Å². The van der Waals surface area contributed by atoms with E-state index in [2.05, 4.69) is 32.9 Å². The molecule has 4 rings (SSSR count). The van der Waals surface area contributed by atoms with Crippen molar-refractivity contribution in [1.29, 1.82) is 0 Å². The lowest BCUT2D eigenvalue weighted by Crippen LogP contribution is -2.21. The van der Waals surface area contributed by atoms with Crippen molar-refractivity contribution in [3.8, 4) is 16.9 Å². The molecule has 3 nitrogen and oxygen atoms in total. The van der Waals surface area contributed by atoms with Crippen molar-refractivity contribution >= 4 is 12.9 Å². The predicted octanol–water partition coefficient (Wildman–Crippen LogP) is 5.90. The first-order chi connectivity index (χ1) is 12.3. The third-order valence-electron chi connectivity index (χ3n) is 5.74. The molecule has 0 spiro atoms. The van der Waals surface area contributed by atoms with Crippen LogP contribution in [-0.2, 0) is 9.98 Å². The van der Waals surface area contributed by atoms with Crippen LogP contribution in [0.3, 0.4) is 0 Å². The van der Waals surface area contributed by atoms with E-state index in [1.54, 1.807) is 12.1 Å². The molecule has 1 unspecified atom stereocenters. The van der Waals surface area contributed by atoms with Crippen LogP contribution in [-0.4, -0.2) is 4.89 Å². The van der Waals surface area contributed by atoms with Gasteiger partial charge in [-0.15, -0.1) is 0 Å². The summed E-state index contributed by atoms with van der Waals surface area (Å²) in [5.74, 6) is 1.04. The Hall–Kier alpha value is -1.57. The van der Waals surface area contributed by atoms with Crippen LogP contribution >= 0.6 is 7.60 Å². The van der Waals surface area contributed by atoms with Gasteiger partial charge in [0.05, 0.1) is 5.30 Å². The van der Waals surface area contributed by atoms with Crippen molar-refractivity contribution in [3.05, 3.63) is 47.5 Å². The van der Waals surface area contributed by atoms with E-state index in [0.29, 0.717) is 17.0 Å².